The quantitative estimate of drug-likeness (QED) is 0.760. The Morgan fingerprint density at radius 3 is 2.46 bits per heavy atom. The van der Waals surface area contributed by atoms with E-state index in [0.29, 0.717) is 18.3 Å². The molecule has 1 aliphatic heterocycles. The van der Waals surface area contributed by atoms with Crippen LogP contribution < -0.4 is 10.2 Å². The molecule has 3 aromatic rings. The topological polar surface area (TPSA) is 41.1 Å². The minimum atomic E-state index is -0.658. The van der Waals surface area contributed by atoms with Crippen molar-refractivity contribution in [3.63, 3.8) is 0 Å². The van der Waals surface area contributed by atoms with Crippen molar-refractivity contribution in [2.24, 2.45) is 0 Å². The van der Waals surface area contributed by atoms with Crippen LogP contribution in [0.2, 0.25) is 0 Å². The Bertz CT molecular complexity index is 938. The van der Waals surface area contributed by atoms with Crippen molar-refractivity contribution < 1.29 is 8.78 Å². The number of hydrogen-bond donors (Lipinski definition) is 1. The molecule has 4 rings (SSSR count). The standard InChI is InChI=1S/C20H18F2N4/c1-13-11-18(24-19-16(21)7-4-8-17(19)22)25-20(23-13)26-10-9-14-5-2-3-6-15(14)12-26/h2-8,11H,9-10,12H2,1H3,(H,23,24,25). The second-order valence-corrected chi connectivity index (χ2v) is 6.36. The average molecular weight is 352 g/mol. The molecule has 0 spiro atoms. The number of aryl methyl sites for hydroxylation is 1. The number of nitrogens with one attached hydrogen (secondary N) is 1. The number of fused-ring (bicyclic) bond motifs is 1. The number of halogens is 2. The Morgan fingerprint density at radius 2 is 1.69 bits per heavy atom. The maximum Gasteiger partial charge on any atom is 0.227 e. The first-order valence-electron chi connectivity index (χ1n) is 8.48. The zero-order valence-corrected chi connectivity index (χ0v) is 14.3. The van der Waals surface area contributed by atoms with Crippen LogP contribution in [0, 0.1) is 18.6 Å². The van der Waals surface area contributed by atoms with Gasteiger partial charge in [-0.1, -0.05) is 30.3 Å². The highest BCUT2D eigenvalue weighted by molar-refractivity contribution is 5.59. The molecule has 2 heterocycles. The first kappa shape index (κ1) is 16.4. The molecule has 2 aromatic carbocycles. The molecular weight excluding hydrogens is 334 g/mol. The summed E-state index contributed by atoms with van der Waals surface area (Å²) in [5.74, 6) is -0.390. The maximum atomic E-state index is 13.9. The monoisotopic (exact) mass is 352 g/mol. The number of para-hydroxylation sites is 1. The summed E-state index contributed by atoms with van der Waals surface area (Å²) >= 11 is 0. The Labute approximate surface area is 150 Å². The van der Waals surface area contributed by atoms with Crippen molar-refractivity contribution in [1.29, 1.82) is 0 Å². The Kier molecular flexibility index (Phi) is 4.24. The van der Waals surface area contributed by atoms with Gasteiger partial charge in [-0.15, -0.1) is 0 Å². The SMILES string of the molecule is Cc1cc(Nc2c(F)cccc2F)nc(N2CCc3ccccc3C2)n1. The summed E-state index contributed by atoms with van der Waals surface area (Å²) in [6, 6.07) is 13.7. The van der Waals surface area contributed by atoms with Crippen LogP contribution in [0.3, 0.4) is 0 Å². The lowest BCUT2D eigenvalue weighted by Crippen LogP contribution is -2.32. The molecule has 0 saturated carbocycles. The van der Waals surface area contributed by atoms with Gasteiger partial charge in [-0.25, -0.2) is 13.8 Å². The molecular formula is C20H18F2N4. The molecule has 0 radical (unpaired) electrons. The van der Waals surface area contributed by atoms with Crippen LogP contribution in [0.5, 0.6) is 0 Å². The molecule has 0 amide bonds. The fourth-order valence-corrected chi connectivity index (χ4v) is 3.17. The fraction of sp³-hybridized carbons (Fsp3) is 0.200. The highest BCUT2D eigenvalue weighted by atomic mass is 19.1. The van der Waals surface area contributed by atoms with Gasteiger partial charge in [0, 0.05) is 24.8 Å². The molecule has 0 aliphatic carbocycles. The Hall–Kier alpha value is -3.02. The number of hydrogen-bond acceptors (Lipinski definition) is 4. The number of anilines is 3. The highest BCUT2D eigenvalue weighted by Gasteiger charge is 2.19. The number of aromatic nitrogens is 2. The summed E-state index contributed by atoms with van der Waals surface area (Å²) in [4.78, 5) is 11.1. The lowest BCUT2D eigenvalue weighted by Gasteiger charge is -2.29. The highest BCUT2D eigenvalue weighted by Crippen LogP contribution is 2.26. The van der Waals surface area contributed by atoms with E-state index < -0.39 is 11.6 Å². The van der Waals surface area contributed by atoms with Crippen LogP contribution in [0.4, 0.5) is 26.2 Å². The molecule has 0 bridgehead atoms. The predicted octanol–water partition coefficient (Wildman–Crippen LogP) is 4.37. The van der Waals surface area contributed by atoms with E-state index in [0.717, 1.165) is 18.7 Å². The van der Waals surface area contributed by atoms with Crippen LogP contribution in [-0.2, 0) is 13.0 Å². The zero-order chi connectivity index (χ0) is 18.1. The molecule has 4 nitrogen and oxygen atoms in total. The van der Waals surface area contributed by atoms with E-state index in [1.54, 1.807) is 6.07 Å². The van der Waals surface area contributed by atoms with Gasteiger partial charge in [0.2, 0.25) is 5.95 Å². The second-order valence-electron chi connectivity index (χ2n) is 6.36. The van der Waals surface area contributed by atoms with Gasteiger partial charge in [-0.2, -0.15) is 4.98 Å². The first-order valence-corrected chi connectivity index (χ1v) is 8.48. The summed E-state index contributed by atoms with van der Waals surface area (Å²) in [6.07, 6.45) is 0.915. The van der Waals surface area contributed by atoms with E-state index in [9.17, 15) is 8.78 Å². The molecule has 1 aliphatic rings. The summed E-state index contributed by atoms with van der Waals surface area (Å²) in [7, 11) is 0. The van der Waals surface area contributed by atoms with Crippen molar-refractivity contribution in [2.45, 2.75) is 19.9 Å². The zero-order valence-electron chi connectivity index (χ0n) is 14.3. The molecule has 0 atom stereocenters. The molecule has 1 aromatic heterocycles. The van der Waals surface area contributed by atoms with Crippen molar-refractivity contribution >= 4 is 17.5 Å². The minimum Gasteiger partial charge on any atom is -0.336 e. The van der Waals surface area contributed by atoms with Crippen LogP contribution in [0.1, 0.15) is 16.8 Å². The van der Waals surface area contributed by atoms with Gasteiger partial charge in [0.05, 0.1) is 0 Å². The normalized spacial score (nSPS) is 13.4. The third-order valence-electron chi connectivity index (χ3n) is 4.47. The van der Waals surface area contributed by atoms with E-state index in [-0.39, 0.29) is 5.69 Å². The average Bonchev–Trinajstić information content (AvgIpc) is 2.64. The largest absolute Gasteiger partial charge is 0.336 e. The summed E-state index contributed by atoms with van der Waals surface area (Å²) in [6.45, 7) is 3.35. The first-order chi connectivity index (χ1) is 12.6. The van der Waals surface area contributed by atoms with Crippen LogP contribution >= 0.6 is 0 Å². The number of nitrogens with zero attached hydrogens (tertiary/aromatic N) is 3. The molecule has 26 heavy (non-hydrogen) atoms. The lowest BCUT2D eigenvalue weighted by molar-refractivity contribution is 0.590. The van der Waals surface area contributed by atoms with Gasteiger partial charge in [0.25, 0.3) is 0 Å². The molecule has 0 unspecified atom stereocenters. The summed E-state index contributed by atoms with van der Waals surface area (Å²) in [5, 5.41) is 2.75. The van der Waals surface area contributed by atoms with Gasteiger partial charge < -0.3 is 10.2 Å². The summed E-state index contributed by atoms with van der Waals surface area (Å²) in [5.41, 5.74) is 3.11. The van der Waals surface area contributed by atoms with E-state index in [1.807, 2.05) is 19.1 Å². The van der Waals surface area contributed by atoms with E-state index in [4.69, 9.17) is 0 Å². The Morgan fingerprint density at radius 1 is 0.962 bits per heavy atom. The number of rotatable bonds is 3. The fourth-order valence-electron chi connectivity index (χ4n) is 3.17. The van der Waals surface area contributed by atoms with Gasteiger partial charge in [-0.3, -0.25) is 0 Å². The van der Waals surface area contributed by atoms with Gasteiger partial charge in [0.15, 0.2) is 0 Å². The van der Waals surface area contributed by atoms with Crippen LogP contribution in [-0.4, -0.2) is 16.5 Å². The third kappa shape index (κ3) is 3.22. The second kappa shape index (κ2) is 6.71. The Balaban J connectivity index is 1.63. The maximum absolute atomic E-state index is 13.9. The molecule has 1 N–H and O–H groups in total. The minimum absolute atomic E-state index is 0.208. The summed E-state index contributed by atoms with van der Waals surface area (Å²) < 4.78 is 27.8. The van der Waals surface area contributed by atoms with Crippen molar-refractivity contribution in [3.8, 4) is 0 Å². The van der Waals surface area contributed by atoms with E-state index in [2.05, 4.69) is 32.3 Å². The third-order valence-corrected chi connectivity index (χ3v) is 4.47. The molecule has 6 heteroatoms. The molecule has 132 valence electrons. The number of benzene rings is 2. The molecule has 0 fully saturated rings. The van der Waals surface area contributed by atoms with E-state index >= 15 is 0 Å². The van der Waals surface area contributed by atoms with Crippen molar-refractivity contribution in [1.82, 2.24) is 9.97 Å². The van der Waals surface area contributed by atoms with Crippen molar-refractivity contribution in [2.75, 3.05) is 16.8 Å². The molecule has 0 saturated heterocycles. The predicted molar refractivity (Wildman–Crippen MR) is 97.6 cm³/mol. The van der Waals surface area contributed by atoms with Crippen LogP contribution in [0.15, 0.2) is 48.5 Å². The van der Waals surface area contributed by atoms with Gasteiger partial charge in [-0.05, 0) is 36.6 Å². The van der Waals surface area contributed by atoms with Crippen LogP contribution in [0.25, 0.3) is 0 Å². The van der Waals surface area contributed by atoms with Gasteiger partial charge >= 0.3 is 0 Å². The lowest BCUT2D eigenvalue weighted by atomic mass is 10.0. The van der Waals surface area contributed by atoms with E-state index in [1.165, 1.54) is 29.3 Å². The van der Waals surface area contributed by atoms with Gasteiger partial charge in [0.1, 0.15) is 23.1 Å². The van der Waals surface area contributed by atoms with Crippen molar-refractivity contribution in [3.05, 3.63) is 77.0 Å². The smallest absolute Gasteiger partial charge is 0.227 e.